The Hall–Kier alpha value is -0.130. The standard InChI is InChI=1S/C7H12NP/c8-6-4-2-1-3-5-7(6)9/h1-4,6-7H,5,8-9H2. The van der Waals surface area contributed by atoms with Crippen molar-refractivity contribution in [2.75, 3.05) is 0 Å². The minimum absolute atomic E-state index is 0.213. The van der Waals surface area contributed by atoms with E-state index in [0.29, 0.717) is 5.66 Å². The van der Waals surface area contributed by atoms with E-state index < -0.39 is 0 Å². The lowest BCUT2D eigenvalue weighted by atomic mass is 10.2. The van der Waals surface area contributed by atoms with Crippen LogP contribution in [0.3, 0.4) is 0 Å². The molecule has 0 aromatic rings. The maximum absolute atomic E-state index is 5.73. The molecule has 0 saturated carbocycles. The normalized spacial score (nSPS) is 34.4. The van der Waals surface area contributed by atoms with Gasteiger partial charge in [-0.15, -0.1) is 9.24 Å². The van der Waals surface area contributed by atoms with Crippen LogP contribution in [0.15, 0.2) is 24.3 Å². The third-order valence-electron chi connectivity index (χ3n) is 1.48. The van der Waals surface area contributed by atoms with E-state index >= 15 is 0 Å². The van der Waals surface area contributed by atoms with E-state index in [4.69, 9.17) is 5.73 Å². The van der Waals surface area contributed by atoms with Crippen LogP contribution in [0.2, 0.25) is 0 Å². The quantitative estimate of drug-likeness (QED) is 0.502. The molecule has 3 atom stereocenters. The molecule has 0 aliphatic heterocycles. The predicted molar refractivity (Wildman–Crippen MR) is 44.4 cm³/mol. The van der Waals surface area contributed by atoms with Gasteiger partial charge in [-0.2, -0.15) is 0 Å². The predicted octanol–water partition coefficient (Wildman–Crippen LogP) is 1.07. The number of nitrogens with two attached hydrogens (primary N) is 1. The fourth-order valence-corrected chi connectivity index (χ4v) is 1.09. The molecule has 1 aliphatic rings. The zero-order chi connectivity index (χ0) is 6.69. The number of allylic oxidation sites excluding steroid dienone is 3. The Morgan fingerprint density at radius 2 is 2.22 bits per heavy atom. The second-order valence-corrected chi connectivity index (χ2v) is 3.15. The first-order chi connectivity index (χ1) is 4.30. The number of hydrogen-bond acceptors (Lipinski definition) is 1. The van der Waals surface area contributed by atoms with E-state index in [-0.39, 0.29) is 6.04 Å². The van der Waals surface area contributed by atoms with Crippen LogP contribution in [0.25, 0.3) is 0 Å². The third-order valence-corrected chi connectivity index (χ3v) is 2.20. The zero-order valence-electron chi connectivity index (χ0n) is 5.33. The lowest BCUT2D eigenvalue weighted by Crippen LogP contribution is -2.26. The molecule has 0 bridgehead atoms. The third kappa shape index (κ3) is 1.92. The molecule has 1 rings (SSSR count). The highest BCUT2D eigenvalue weighted by atomic mass is 31.0. The molecule has 2 heteroatoms. The highest BCUT2D eigenvalue weighted by Crippen LogP contribution is 2.13. The summed E-state index contributed by atoms with van der Waals surface area (Å²) < 4.78 is 0. The van der Waals surface area contributed by atoms with Gasteiger partial charge in [-0.05, 0) is 12.1 Å². The van der Waals surface area contributed by atoms with Crippen molar-refractivity contribution in [1.82, 2.24) is 0 Å². The second kappa shape index (κ2) is 3.14. The summed E-state index contributed by atoms with van der Waals surface area (Å²) in [7, 11) is 2.75. The van der Waals surface area contributed by atoms with Crippen LogP contribution in [0, 0.1) is 0 Å². The summed E-state index contributed by atoms with van der Waals surface area (Å²) in [5.41, 5.74) is 6.24. The summed E-state index contributed by atoms with van der Waals surface area (Å²) in [5, 5.41) is 0. The van der Waals surface area contributed by atoms with E-state index in [9.17, 15) is 0 Å². The molecule has 1 aliphatic carbocycles. The number of hydrogen-bond donors (Lipinski definition) is 1. The van der Waals surface area contributed by atoms with Crippen LogP contribution in [0.1, 0.15) is 6.42 Å². The number of rotatable bonds is 0. The van der Waals surface area contributed by atoms with Gasteiger partial charge in [0, 0.05) is 6.04 Å². The van der Waals surface area contributed by atoms with Crippen molar-refractivity contribution in [2.45, 2.75) is 18.1 Å². The summed E-state index contributed by atoms with van der Waals surface area (Å²) in [6.45, 7) is 0. The average molecular weight is 141 g/mol. The van der Waals surface area contributed by atoms with Gasteiger partial charge in [0.15, 0.2) is 0 Å². The van der Waals surface area contributed by atoms with Gasteiger partial charge in [0.2, 0.25) is 0 Å². The van der Waals surface area contributed by atoms with Gasteiger partial charge in [-0.3, -0.25) is 0 Å². The molecular weight excluding hydrogens is 129 g/mol. The van der Waals surface area contributed by atoms with Crippen molar-refractivity contribution in [3.63, 3.8) is 0 Å². The fraction of sp³-hybridized carbons (Fsp3) is 0.429. The fourth-order valence-electron chi connectivity index (χ4n) is 0.807. The van der Waals surface area contributed by atoms with E-state index in [0.717, 1.165) is 6.42 Å². The molecule has 0 amide bonds. The average Bonchev–Trinajstić information content (AvgIpc) is 1.99. The molecule has 9 heavy (non-hydrogen) atoms. The first-order valence-corrected chi connectivity index (χ1v) is 3.82. The molecule has 0 aromatic carbocycles. The van der Waals surface area contributed by atoms with Gasteiger partial charge < -0.3 is 5.73 Å². The monoisotopic (exact) mass is 141 g/mol. The van der Waals surface area contributed by atoms with E-state index in [1.807, 2.05) is 18.2 Å². The first kappa shape index (κ1) is 6.98. The Morgan fingerprint density at radius 3 is 3.00 bits per heavy atom. The molecule has 2 N–H and O–H groups in total. The molecule has 50 valence electrons. The van der Waals surface area contributed by atoms with Crippen LogP contribution in [0.5, 0.6) is 0 Å². The summed E-state index contributed by atoms with van der Waals surface area (Å²) in [4.78, 5) is 0. The van der Waals surface area contributed by atoms with Gasteiger partial charge in [-0.1, -0.05) is 24.3 Å². The Bertz CT molecular complexity index is 140. The van der Waals surface area contributed by atoms with Gasteiger partial charge in [0.1, 0.15) is 0 Å². The van der Waals surface area contributed by atoms with Crippen molar-refractivity contribution in [1.29, 1.82) is 0 Å². The van der Waals surface area contributed by atoms with Crippen molar-refractivity contribution in [3.05, 3.63) is 24.3 Å². The Labute approximate surface area is 58.2 Å². The maximum Gasteiger partial charge on any atom is 0.0293 e. The van der Waals surface area contributed by atoms with Crippen molar-refractivity contribution >= 4 is 9.24 Å². The largest absolute Gasteiger partial charge is 0.324 e. The second-order valence-electron chi connectivity index (χ2n) is 2.29. The Morgan fingerprint density at radius 1 is 1.44 bits per heavy atom. The maximum atomic E-state index is 5.73. The van der Waals surface area contributed by atoms with Gasteiger partial charge in [-0.25, -0.2) is 0 Å². The lowest BCUT2D eigenvalue weighted by molar-refractivity contribution is 0.758. The van der Waals surface area contributed by atoms with Crippen molar-refractivity contribution in [2.24, 2.45) is 5.73 Å². The van der Waals surface area contributed by atoms with Crippen molar-refractivity contribution < 1.29 is 0 Å². The minimum Gasteiger partial charge on any atom is -0.324 e. The van der Waals surface area contributed by atoms with Crippen molar-refractivity contribution in [3.8, 4) is 0 Å². The first-order valence-electron chi connectivity index (χ1n) is 3.15. The van der Waals surface area contributed by atoms with Crippen LogP contribution in [0.4, 0.5) is 0 Å². The van der Waals surface area contributed by atoms with Crippen LogP contribution < -0.4 is 5.73 Å². The molecule has 0 spiro atoms. The molecule has 3 unspecified atom stereocenters. The molecule has 0 heterocycles. The van der Waals surface area contributed by atoms with E-state index in [1.54, 1.807) is 0 Å². The minimum atomic E-state index is 0.213. The smallest absolute Gasteiger partial charge is 0.0293 e. The van der Waals surface area contributed by atoms with Crippen LogP contribution in [-0.2, 0) is 0 Å². The van der Waals surface area contributed by atoms with Gasteiger partial charge >= 0.3 is 0 Å². The molecule has 0 fully saturated rings. The lowest BCUT2D eigenvalue weighted by Gasteiger charge is -2.11. The van der Waals surface area contributed by atoms with Crippen LogP contribution >= 0.6 is 9.24 Å². The Kier molecular flexibility index (Phi) is 2.44. The van der Waals surface area contributed by atoms with E-state index in [2.05, 4.69) is 15.3 Å². The highest BCUT2D eigenvalue weighted by molar-refractivity contribution is 7.17. The summed E-state index contributed by atoms with van der Waals surface area (Å²) in [6.07, 6.45) is 9.29. The van der Waals surface area contributed by atoms with Crippen LogP contribution in [-0.4, -0.2) is 11.7 Å². The molecule has 0 saturated heterocycles. The Balaban J connectivity index is 2.58. The summed E-state index contributed by atoms with van der Waals surface area (Å²) >= 11 is 0. The molecule has 0 radical (unpaired) electrons. The topological polar surface area (TPSA) is 26.0 Å². The SMILES string of the molecule is NC1C=CC=CCC1P. The van der Waals surface area contributed by atoms with E-state index in [1.165, 1.54) is 0 Å². The summed E-state index contributed by atoms with van der Waals surface area (Å²) in [5.74, 6) is 0. The highest BCUT2D eigenvalue weighted by Gasteiger charge is 2.08. The molecule has 0 aromatic heterocycles. The van der Waals surface area contributed by atoms with Gasteiger partial charge in [0.05, 0.1) is 0 Å². The molecular formula is C7H12NP. The molecule has 1 nitrogen and oxygen atoms in total. The zero-order valence-corrected chi connectivity index (χ0v) is 6.48. The summed E-state index contributed by atoms with van der Waals surface area (Å²) in [6, 6.07) is 0.213. The van der Waals surface area contributed by atoms with Gasteiger partial charge in [0.25, 0.3) is 0 Å².